The molecule has 0 aliphatic carbocycles. The molecule has 1 fully saturated rings. The van der Waals surface area contributed by atoms with Gasteiger partial charge in [-0.05, 0) is 19.3 Å². The molecule has 19 heavy (non-hydrogen) atoms. The molecular weight excluding hydrogens is 257 g/mol. The largest absolute Gasteiger partial charge is 0.403 e. The van der Waals surface area contributed by atoms with Crippen molar-refractivity contribution in [3.8, 4) is 0 Å². The lowest BCUT2D eigenvalue weighted by Crippen LogP contribution is -2.54. The Morgan fingerprint density at radius 2 is 2.00 bits per heavy atom. The lowest BCUT2D eigenvalue weighted by atomic mass is 10.00. The fourth-order valence-corrected chi connectivity index (χ4v) is 2.27. The highest BCUT2D eigenvalue weighted by Crippen LogP contribution is 2.26. The second-order valence-corrected chi connectivity index (χ2v) is 5.15. The first-order valence-electron chi connectivity index (χ1n) is 7.03. The molecule has 1 amide bonds. The third-order valence-corrected chi connectivity index (χ3v) is 3.43. The van der Waals surface area contributed by atoms with E-state index in [4.69, 9.17) is 0 Å². The lowest BCUT2D eigenvalue weighted by molar-refractivity contribution is -0.161. The highest BCUT2D eigenvalue weighted by atomic mass is 19.4. The Bertz CT molecular complexity index is 274. The molecule has 2 N–H and O–H groups in total. The molecule has 0 spiro atoms. The molecule has 1 rings (SSSR count). The fourth-order valence-electron chi connectivity index (χ4n) is 2.27. The zero-order chi connectivity index (χ0) is 14.3. The number of rotatable bonds is 6. The molecule has 0 aromatic rings. The smallest absolute Gasteiger partial charge is 0.352 e. The zero-order valence-corrected chi connectivity index (χ0v) is 11.4. The zero-order valence-electron chi connectivity index (χ0n) is 11.4. The average Bonchev–Trinajstić information content (AvgIpc) is 2.34. The number of alkyl halides is 3. The Hall–Kier alpha value is -0.780. The van der Waals surface area contributed by atoms with E-state index in [9.17, 15) is 18.0 Å². The standard InChI is InChI=1S/C13H23F3N2O/c1-2-3-4-5-6-12(19)18-10-7-8-11(17-9-10)13(14,15)16/h10-11,17H,2-9H2,1H3,(H,18,19). The molecule has 6 heteroatoms. The lowest BCUT2D eigenvalue weighted by Gasteiger charge is -2.31. The monoisotopic (exact) mass is 280 g/mol. The van der Waals surface area contributed by atoms with Gasteiger partial charge in [-0.1, -0.05) is 26.2 Å². The second kappa shape index (κ2) is 7.72. The first-order valence-corrected chi connectivity index (χ1v) is 7.03. The number of unbranched alkanes of at least 4 members (excludes halogenated alkanes) is 3. The highest BCUT2D eigenvalue weighted by molar-refractivity contribution is 5.76. The Kier molecular flexibility index (Phi) is 6.62. The van der Waals surface area contributed by atoms with Crippen LogP contribution in [0.2, 0.25) is 0 Å². The maximum atomic E-state index is 12.4. The van der Waals surface area contributed by atoms with Crippen LogP contribution in [0.25, 0.3) is 0 Å². The fraction of sp³-hybridized carbons (Fsp3) is 0.923. The van der Waals surface area contributed by atoms with Gasteiger partial charge in [0.2, 0.25) is 5.91 Å². The number of amides is 1. The third kappa shape index (κ3) is 6.27. The molecule has 3 nitrogen and oxygen atoms in total. The molecule has 1 heterocycles. The van der Waals surface area contributed by atoms with Crippen LogP contribution in [0.1, 0.15) is 51.9 Å². The van der Waals surface area contributed by atoms with Gasteiger partial charge in [0, 0.05) is 19.0 Å². The van der Waals surface area contributed by atoms with Gasteiger partial charge in [-0.25, -0.2) is 0 Å². The van der Waals surface area contributed by atoms with E-state index in [1.54, 1.807) is 0 Å². The number of hydrogen-bond acceptors (Lipinski definition) is 2. The molecular formula is C13H23F3N2O. The predicted octanol–water partition coefficient (Wildman–Crippen LogP) is 2.76. The highest BCUT2D eigenvalue weighted by Gasteiger charge is 2.41. The van der Waals surface area contributed by atoms with Gasteiger partial charge in [-0.3, -0.25) is 4.79 Å². The summed E-state index contributed by atoms with van der Waals surface area (Å²) in [5, 5.41) is 5.25. The van der Waals surface area contributed by atoms with Gasteiger partial charge in [-0.15, -0.1) is 0 Å². The van der Waals surface area contributed by atoms with Crippen molar-refractivity contribution in [3.63, 3.8) is 0 Å². The van der Waals surface area contributed by atoms with Crippen LogP contribution < -0.4 is 10.6 Å². The molecule has 0 saturated carbocycles. The normalized spacial score (nSPS) is 24.2. The van der Waals surface area contributed by atoms with E-state index in [1.165, 1.54) is 0 Å². The Morgan fingerprint density at radius 1 is 1.26 bits per heavy atom. The first-order chi connectivity index (χ1) is 8.93. The Balaban J connectivity index is 2.16. The van der Waals surface area contributed by atoms with Crippen LogP contribution in [-0.2, 0) is 4.79 Å². The van der Waals surface area contributed by atoms with Gasteiger partial charge in [0.1, 0.15) is 6.04 Å². The van der Waals surface area contributed by atoms with Crippen molar-refractivity contribution < 1.29 is 18.0 Å². The van der Waals surface area contributed by atoms with E-state index in [2.05, 4.69) is 17.6 Å². The van der Waals surface area contributed by atoms with Gasteiger partial charge in [0.15, 0.2) is 0 Å². The van der Waals surface area contributed by atoms with Gasteiger partial charge in [-0.2, -0.15) is 13.2 Å². The van der Waals surface area contributed by atoms with E-state index >= 15 is 0 Å². The molecule has 112 valence electrons. The SMILES string of the molecule is CCCCCCC(=O)NC1CCC(C(F)(F)F)NC1. The summed E-state index contributed by atoms with van der Waals surface area (Å²) in [6.07, 6.45) is 0.822. The summed E-state index contributed by atoms with van der Waals surface area (Å²) >= 11 is 0. The number of hydrogen-bond donors (Lipinski definition) is 2. The topological polar surface area (TPSA) is 41.1 Å². The van der Waals surface area contributed by atoms with E-state index in [1.807, 2.05) is 0 Å². The Morgan fingerprint density at radius 3 is 2.53 bits per heavy atom. The predicted molar refractivity (Wildman–Crippen MR) is 67.8 cm³/mol. The van der Waals surface area contributed by atoms with Crippen molar-refractivity contribution in [2.24, 2.45) is 0 Å². The van der Waals surface area contributed by atoms with E-state index in [-0.39, 0.29) is 24.9 Å². The molecule has 0 aromatic heterocycles. The summed E-state index contributed by atoms with van der Waals surface area (Å²) in [5.74, 6) is -0.0478. The van der Waals surface area contributed by atoms with Crippen LogP contribution in [0.5, 0.6) is 0 Å². The average molecular weight is 280 g/mol. The number of nitrogens with one attached hydrogen (secondary N) is 2. The van der Waals surface area contributed by atoms with Gasteiger partial charge < -0.3 is 10.6 Å². The van der Waals surface area contributed by atoms with Crippen molar-refractivity contribution in [1.82, 2.24) is 10.6 Å². The number of carbonyl (C=O) groups excluding carboxylic acids is 1. The maximum absolute atomic E-state index is 12.4. The summed E-state index contributed by atoms with van der Waals surface area (Å²) < 4.78 is 37.3. The van der Waals surface area contributed by atoms with Crippen molar-refractivity contribution in [2.45, 2.75) is 70.1 Å². The summed E-state index contributed by atoms with van der Waals surface area (Å²) in [7, 11) is 0. The van der Waals surface area contributed by atoms with Crippen molar-refractivity contribution in [1.29, 1.82) is 0 Å². The molecule has 1 aliphatic rings. The van der Waals surface area contributed by atoms with Crippen molar-refractivity contribution in [3.05, 3.63) is 0 Å². The van der Waals surface area contributed by atoms with E-state index in [0.29, 0.717) is 12.8 Å². The number of carbonyl (C=O) groups is 1. The summed E-state index contributed by atoms with van der Waals surface area (Å²) in [6, 6.07) is -1.59. The molecule has 0 radical (unpaired) electrons. The summed E-state index contributed by atoms with van der Waals surface area (Å²) in [5.41, 5.74) is 0. The summed E-state index contributed by atoms with van der Waals surface area (Å²) in [6.45, 7) is 2.30. The van der Waals surface area contributed by atoms with E-state index in [0.717, 1.165) is 25.7 Å². The first kappa shape index (κ1) is 16.3. The van der Waals surface area contributed by atoms with Crippen molar-refractivity contribution >= 4 is 5.91 Å². The van der Waals surface area contributed by atoms with Crippen LogP contribution in [0.15, 0.2) is 0 Å². The molecule has 0 aromatic carbocycles. The third-order valence-electron chi connectivity index (χ3n) is 3.43. The minimum atomic E-state index is -4.19. The van der Waals surface area contributed by atoms with Crippen LogP contribution >= 0.6 is 0 Å². The van der Waals surface area contributed by atoms with Gasteiger partial charge in [0.05, 0.1) is 0 Å². The van der Waals surface area contributed by atoms with Gasteiger partial charge in [0.25, 0.3) is 0 Å². The van der Waals surface area contributed by atoms with E-state index < -0.39 is 12.2 Å². The maximum Gasteiger partial charge on any atom is 0.403 e. The summed E-state index contributed by atoms with van der Waals surface area (Å²) in [4.78, 5) is 11.6. The van der Waals surface area contributed by atoms with Crippen LogP contribution in [-0.4, -0.2) is 30.7 Å². The molecule has 1 saturated heterocycles. The van der Waals surface area contributed by atoms with Crippen LogP contribution in [0.3, 0.4) is 0 Å². The second-order valence-electron chi connectivity index (χ2n) is 5.15. The number of piperidine rings is 1. The minimum Gasteiger partial charge on any atom is -0.352 e. The molecule has 2 atom stereocenters. The number of halogens is 3. The minimum absolute atomic E-state index is 0.0320. The Labute approximate surface area is 112 Å². The quantitative estimate of drug-likeness (QED) is 0.735. The van der Waals surface area contributed by atoms with Crippen LogP contribution in [0, 0.1) is 0 Å². The molecule has 1 aliphatic heterocycles. The van der Waals surface area contributed by atoms with Gasteiger partial charge >= 0.3 is 6.18 Å². The van der Waals surface area contributed by atoms with Crippen LogP contribution in [0.4, 0.5) is 13.2 Å². The van der Waals surface area contributed by atoms with Crippen molar-refractivity contribution in [2.75, 3.05) is 6.54 Å². The molecule has 0 bridgehead atoms. The molecule has 2 unspecified atom stereocenters.